The summed E-state index contributed by atoms with van der Waals surface area (Å²) in [6.07, 6.45) is 3.37. The summed E-state index contributed by atoms with van der Waals surface area (Å²) in [6.45, 7) is 1.000. The average Bonchev–Trinajstić information content (AvgIpc) is 2.10. The van der Waals surface area contributed by atoms with Gasteiger partial charge in [-0.3, -0.25) is 0 Å². The molecule has 0 saturated heterocycles. The van der Waals surface area contributed by atoms with E-state index in [0.717, 1.165) is 0 Å². The number of halogens is 2. The molecule has 0 spiro atoms. The topological polar surface area (TPSA) is 32.7 Å². The predicted molar refractivity (Wildman–Crippen MR) is 52.1 cm³/mol. The van der Waals surface area contributed by atoms with Gasteiger partial charge in [0.05, 0.1) is 0 Å². The predicted octanol–water partition coefficient (Wildman–Crippen LogP) is 2.10. The van der Waals surface area contributed by atoms with Gasteiger partial charge in [-0.25, -0.2) is 0 Å². The lowest BCUT2D eigenvalue weighted by atomic mass is 10.5. The highest BCUT2D eigenvalue weighted by Crippen LogP contribution is 1.92. The molecular weight excluding hydrogens is 219 g/mol. The van der Waals surface area contributed by atoms with Crippen molar-refractivity contribution in [1.82, 2.24) is 5.01 Å². The van der Waals surface area contributed by atoms with Crippen LogP contribution in [0.1, 0.15) is 0 Å². The third kappa shape index (κ3) is 6.54. The molecule has 0 atom stereocenters. The Balaban J connectivity index is 3.93. The number of hydrogen-bond donors (Lipinski definition) is 0. The fourth-order valence-electron chi connectivity index (χ4n) is 0.511. The van der Waals surface area contributed by atoms with E-state index in [1.54, 1.807) is 12.2 Å². The Hall–Kier alpha value is -0.160. The molecule has 6 heteroatoms. The molecule has 0 aliphatic heterocycles. The normalized spacial score (nSPS) is 11.6. The van der Waals surface area contributed by atoms with E-state index < -0.39 is 0 Å². The van der Waals surface area contributed by atoms with Gasteiger partial charge in [-0.05, 0) is 0 Å². The van der Waals surface area contributed by atoms with Crippen molar-refractivity contribution in [3.63, 3.8) is 0 Å². The molecule has 0 bridgehead atoms. The summed E-state index contributed by atoms with van der Waals surface area (Å²) in [7, 11) is 0. The average molecular weight is 227 g/mol. The molecule has 0 radical (unpaired) electrons. The molecule has 0 aromatic carbocycles. The van der Waals surface area contributed by atoms with Crippen molar-refractivity contribution in [3.8, 4) is 0 Å². The van der Waals surface area contributed by atoms with Gasteiger partial charge in [0, 0.05) is 24.2 Å². The number of rotatable bonds is 5. The van der Waals surface area contributed by atoms with E-state index in [0.29, 0.717) is 13.1 Å². The first kappa shape index (κ1) is 11.8. The zero-order chi connectivity index (χ0) is 9.23. The van der Waals surface area contributed by atoms with Crippen molar-refractivity contribution >= 4 is 34.7 Å². The summed E-state index contributed by atoms with van der Waals surface area (Å²) in [5.41, 5.74) is 2.75. The molecule has 0 aromatic rings. The van der Waals surface area contributed by atoms with Crippen LogP contribution in [0.15, 0.2) is 27.7 Å². The molecule has 0 unspecified atom stereocenters. The Morgan fingerprint density at radius 2 is 1.75 bits per heavy atom. The minimum Gasteiger partial charge on any atom is -0.190 e. The number of nitrogens with zero attached hydrogens (tertiary/aromatic N) is 2. The smallest absolute Gasteiger partial charge is 0.190 e. The van der Waals surface area contributed by atoms with Gasteiger partial charge in [0.2, 0.25) is 11.5 Å². The van der Waals surface area contributed by atoms with E-state index in [4.69, 9.17) is 23.2 Å². The van der Waals surface area contributed by atoms with Gasteiger partial charge < -0.3 is 0 Å². The highest BCUT2D eigenvalue weighted by atomic mass is 35.5. The van der Waals surface area contributed by atoms with E-state index in [2.05, 4.69) is 4.47 Å². The maximum absolute atomic E-state index is 10.1. The van der Waals surface area contributed by atoms with Crippen LogP contribution >= 0.6 is 23.2 Å². The molecule has 0 heterocycles. The second-order valence-corrected chi connectivity index (χ2v) is 2.57. The van der Waals surface area contributed by atoms with Crippen molar-refractivity contribution in [3.05, 3.63) is 23.2 Å². The lowest BCUT2D eigenvalue weighted by Crippen LogP contribution is -2.16. The zero-order valence-corrected chi connectivity index (χ0v) is 8.52. The third-order valence-electron chi connectivity index (χ3n) is 0.959. The van der Waals surface area contributed by atoms with Crippen LogP contribution in [0.5, 0.6) is 0 Å². The second-order valence-electron chi connectivity index (χ2n) is 1.75. The first-order valence-electron chi connectivity index (χ1n) is 3.10. The highest BCUT2D eigenvalue weighted by molar-refractivity contribution is 7.54. The molecule has 3 nitrogen and oxygen atoms in total. The minimum absolute atomic E-state index is 0.158. The van der Waals surface area contributed by atoms with Crippen LogP contribution in [0.2, 0.25) is 0 Å². The van der Waals surface area contributed by atoms with Crippen LogP contribution in [0, 0.1) is 0 Å². The maximum atomic E-state index is 10.1. The lowest BCUT2D eigenvalue weighted by molar-refractivity contribution is 0.362. The molecule has 0 fully saturated rings. The minimum atomic E-state index is 0.158. The van der Waals surface area contributed by atoms with Crippen LogP contribution in [0.4, 0.5) is 0 Å². The van der Waals surface area contributed by atoms with Crippen molar-refractivity contribution in [2.45, 2.75) is 0 Å². The Kier molecular flexibility index (Phi) is 8.81. The van der Waals surface area contributed by atoms with Crippen LogP contribution in [-0.4, -0.2) is 22.3 Å². The molecule has 0 aromatic heterocycles. The SMILES string of the molecule is O=S=NN(CC=CCl)CC=CCl. The fourth-order valence-corrected chi connectivity index (χ4v) is 0.898. The fraction of sp³-hybridized carbons (Fsp3) is 0.333. The van der Waals surface area contributed by atoms with E-state index >= 15 is 0 Å². The Morgan fingerprint density at radius 3 is 2.08 bits per heavy atom. The van der Waals surface area contributed by atoms with E-state index in [9.17, 15) is 4.21 Å². The maximum Gasteiger partial charge on any atom is 0.218 e. The van der Waals surface area contributed by atoms with Crippen LogP contribution in [0.25, 0.3) is 0 Å². The molecule has 0 N–H and O–H groups in total. The first-order chi connectivity index (χ1) is 5.85. The monoisotopic (exact) mass is 226 g/mol. The van der Waals surface area contributed by atoms with Crippen molar-refractivity contribution in [2.24, 2.45) is 4.47 Å². The van der Waals surface area contributed by atoms with E-state index in [-0.39, 0.29) is 11.5 Å². The summed E-state index contributed by atoms with van der Waals surface area (Å²) < 4.78 is 13.6. The van der Waals surface area contributed by atoms with Crippen molar-refractivity contribution < 1.29 is 4.21 Å². The van der Waals surface area contributed by atoms with Gasteiger partial charge in [0.1, 0.15) is 0 Å². The Bertz CT molecular complexity index is 200. The molecule has 12 heavy (non-hydrogen) atoms. The van der Waals surface area contributed by atoms with E-state index in [1.165, 1.54) is 16.1 Å². The van der Waals surface area contributed by atoms with Gasteiger partial charge in [-0.15, -0.1) is 4.47 Å². The molecule has 0 saturated carbocycles. The second kappa shape index (κ2) is 8.93. The molecule has 0 aliphatic rings. The van der Waals surface area contributed by atoms with Gasteiger partial charge in [-0.2, -0.15) is 9.22 Å². The summed E-state index contributed by atoms with van der Waals surface area (Å²) in [6, 6.07) is 0. The molecule has 0 aliphatic carbocycles. The number of hydrogen-bond acceptors (Lipinski definition) is 2. The standard InChI is InChI=1S/C6H8Cl2N2OS/c7-3-1-5-10(9-12-11)6-2-4-8/h1-4H,5-6H2. The zero-order valence-electron chi connectivity index (χ0n) is 6.19. The van der Waals surface area contributed by atoms with Crippen molar-refractivity contribution in [2.75, 3.05) is 13.1 Å². The summed E-state index contributed by atoms with van der Waals surface area (Å²) in [5, 5.41) is 1.54. The highest BCUT2D eigenvalue weighted by Gasteiger charge is 1.95. The molecule has 0 amide bonds. The Morgan fingerprint density at radius 1 is 1.25 bits per heavy atom. The summed E-state index contributed by atoms with van der Waals surface area (Å²) >= 11 is 10.8. The van der Waals surface area contributed by atoms with Gasteiger partial charge >= 0.3 is 0 Å². The molecular formula is C6H8Cl2N2OS. The van der Waals surface area contributed by atoms with Gasteiger partial charge in [0.25, 0.3) is 0 Å². The summed E-state index contributed by atoms with van der Waals surface area (Å²) in [4.78, 5) is 0. The van der Waals surface area contributed by atoms with Crippen LogP contribution in [-0.2, 0) is 11.5 Å². The quantitative estimate of drug-likeness (QED) is 0.674. The lowest BCUT2D eigenvalue weighted by Gasteiger charge is -2.07. The van der Waals surface area contributed by atoms with Gasteiger partial charge in [0.15, 0.2) is 0 Å². The molecule has 68 valence electrons. The molecule has 0 rings (SSSR count). The van der Waals surface area contributed by atoms with Gasteiger partial charge in [-0.1, -0.05) is 35.4 Å². The van der Waals surface area contributed by atoms with Crippen LogP contribution in [0.3, 0.4) is 0 Å². The van der Waals surface area contributed by atoms with Crippen LogP contribution < -0.4 is 0 Å². The summed E-state index contributed by atoms with van der Waals surface area (Å²) in [5.74, 6) is 0. The van der Waals surface area contributed by atoms with Crippen molar-refractivity contribution in [1.29, 1.82) is 0 Å². The first-order valence-corrected chi connectivity index (χ1v) is 4.67. The van der Waals surface area contributed by atoms with E-state index in [1.807, 2.05) is 0 Å². The Labute approximate surface area is 84.9 Å². The third-order valence-corrected chi connectivity index (χ3v) is 1.61. The largest absolute Gasteiger partial charge is 0.218 e.